The summed E-state index contributed by atoms with van der Waals surface area (Å²) < 4.78 is 5.28. The average Bonchev–Trinajstić information content (AvgIpc) is 2.26. The van der Waals surface area contributed by atoms with Gasteiger partial charge in [0.25, 0.3) is 5.91 Å². The molecule has 1 amide bonds. The quantitative estimate of drug-likeness (QED) is 0.843. The Hall–Kier alpha value is -1.26. The second kappa shape index (κ2) is 5.72. The molecular formula is C11H14ClNO3. The molecule has 0 saturated carbocycles. The molecule has 16 heavy (non-hydrogen) atoms. The molecular weight excluding hydrogens is 230 g/mol. The SMILES string of the molecule is CNC(=O)COc1ccc(Cl)cc1C(C)O. The standard InChI is InChI=1S/C11H14ClNO3/c1-7(14)9-5-8(12)3-4-10(9)16-6-11(15)13-2/h3-5,7,14H,6H2,1-2H3,(H,13,15). The molecule has 5 heteroatoms. The number of ether oxygens (including phenoxy) is 1. The fourth-order valence-corrected chi connectivity index (χ4v) is 1.37. The molecule has 1 unspecified atom stereocenters. The largest absolute Gasteiger partial charge is 0.483 e. The Kier molecular flexibility index (Phi) is 4.58. The highest BCUT2D eigenvalue weighted by Crippen LogP contribution is 2.28. The van der Waals surface area contributed by atoms with Gasteiger partial charge in [-0.2, -0.15) is 0 Å². The van der Waals surface area contributed by atoms with Crippen LogP contribution in [0.4, 0.5) is 0 Å². The lowest BCUT2D eigenvalue weighted by atomic mass is 10.1. The van der Waals surface area contributed by atoms with E-state index in [1.807, 2.05) is 0 Å². The van der Waals surface area contributed by atoms with Crippen molar-refractivity contribution in [1.29, 1.82) is 0 Å². The van der Waals surface area contributed by atoms with E-state index in [0.29, 0.717) is 16.3 Å². The number of aliphatic hydroxyl groups is 1. The van der Waals surface area contributed by atoms with Crippen molar-refractivity contribution in [1.82, 2.24) is 5.32 Å². The van der Waals surface area contributed by atoms with Gasteiger partial charge in [0.05, 0.1) is 6.10 Å². The molecule has 0 aliphatic carbocycles. The van der Waals surface area contributed by atoms with Crippen molar-refractivity contribution in [3.63, 3.8) is 0 Å². The van der Waals surface area contributed by atoms with E-state index in [1.54, 1.807) is 25.1 Å². The van der Waals surface area contributed by atoms with Crippen molar-refractivity contribution in [2.45, 2.75) is 13.0 Å². The van der Waals surface area contributed by atoms with Crippen LogP contribution in [0.2, 0.25) is 5.02 Å². The summed E-state index contributed by atoms with van der Waals surface area (Å²) >= 11 is 5.80. The first kappa shape index (κ1) is 12.8. The lowest BCUT2D eigenvalue weighted by molar-refractivity contribution is -0.122. The lowest BCUT2D eigenvalue weighted by Gasteiger charge is -2.13. The van der Waals surface area contributed by atoms with Crippen molar-refractivity contribution >= 4 is 17.5 Å². The fraction of sp³-hybridized carbons (Fsp3) is 0.364. The first-order valence-corrected chi connectivity index (χ1v) is 5.23. The molecule has 4 nitrogen and oxygen atoms in total. The maximum atomic E-state index is 11.0. The highest BCUT2D eigenvalue weighted by Gasteiger charge is 2.11. The monoisotopic (exact) mass is 243 g/mol. The van der Waals surface area contributed by atoms with E-state index >= 15 is 0 Å². The number of nitrogens with one attached hydrogen (secondary N) is 1. The Morgan fingerprint density at radius 3 is 2.88 bits per heavy atom. The zero-order chi connectivity index (χ0) is 12.1. The van der Waals surface area contributed by atoms with Crippen LogP contribution in [-0.2, 0) is 4.79 Å². The summed E-state index contributed by atoms with van der Waals surface area (Å²) in [6.07, 6.45) is -0.696. The number of hydrogen-bond acceptors (Lipinski definition) is 3. The molecule has 0 aromatic heterocycles. The summed E-state index contributed by atoms with van der Waals surface area (Å²) in [5, 5.41) is 12.5. The van der Waals surface area contributed by atoms with Crippen molar-refractivity contribution in [3.8, 4) is 5.75 Å². The first-order valence-electron chi connectivity index (χ1n) is 4.85. The van der Waals surface area contributed by atoms with Gasteiger partial charge in [-0.05, 0) is 25.1 Å². The van der Waals surface area contributed by atoms with Gasteiger partial charge in [0.1, 0.15) is 5.75 Å². The molecule has 0 spiro atoms. The van der Waals surface area contributed by atoms with Gasteiger partial charge in [0.2, 0.25) is 0 Å². The fourth-order valence-electron chi connectivity index (χ4n) is 1.19. The van der Waals surface area contributed by atoms with Gasteiger partial charge in [-0.25, -0.2) is 0 Å². The summed E-state index contributed by atoms with van der Waals surface area (Å²) in [6.45, 7) is 1.52. The molecule has 1 rings (SSSR count). The van der Waals surface area contributed by atoms with Crippen molar-refractivity contribution in [3.05, 3.63) is 28.8 Å². The minimum absolute atomic E-state index is 0.0855. The van der Waals surface area contributed by atoms with Gasteiger partial charge < -0.3 is 15.2 Å². The molecule has 0 aliphatic heterocycles. The van der Waals surface area contributed by atoms with E-state index in [2.05, 4.69) is 5.32 Å². The molecule has 1 atom stereocenters. The van der Waals surface area contributed by atoms with Crippen LogP contribution in [0.3, 0.4) is 0 Å². The maximum absolute atomic E-state index is 11.0. The molecule has 0 heterocycles. The Bertz CT molecular complexity index is 379. The third kappa shape index (κ3) is 3.40. The summed E-state index contributed by atoms with van der Waals surface area (Å²) in [5.74, 6) is 0.231. The third-order valence-electron chi connectivity index (χ3n) is 2.06. The first-order chi connectivity index (χ1) is 7.54. The van der Waals surface area contributed by atoms with Gasteiger partial charge in [0, 0.05) is 17.6 Å². The number of rotatable bonds is 4. The van der Waals surface area contributed by atoms with Crippen LogP contribution in [0.15, 0.2) is 18.2 Å². The van der Waals surface area contributed by atoms with Gasteiger partial charge in [-0.3, -0.25) is 4.79 Å². The number of aliphatic hydroxyl groups excluding tert-OH is 1. The topological polar surface area (TPSA) is 58.6 Å². The Morgan fingerprint density at radius 1 is 1.62 bits per heavy atom. The van der Waals surface area contributed by atoms with Crippen molar-refractivity contribution in [2.75, 3.05) is 13.7 Å². The predicted octanol–water partition coefficient (Wildman–Crippen LogP) is 1.52. The number of carbonyl (C=O) groups excluding carboxylic acids is 1. The van der Waals surface area contributed by atoms with Crippen molar-refractivity contribution < 1.29 is 14.6 Å². The highest BCUT2D eigenvalue weighted by molar-refractivity contribution is 6.30. The molecule has 1 aromatic rings. The molecule has 2 N–H and O–H groups in total. The van der Waals surface area contributed by atoms with Gasteiger partial charge in [0.15, 0.2) is 6.61 Å². The predicted molar refractivity (Wildman–Crippen MR) is 61.6 cm³/mol. The second-order valence-electron chi connectivity index (χ2n) is 3.32. The smallest absolute Gasteiger partial charge is 0.257 e. The molecule has 0 saturated heterocycles. The van der Waals surface area contributed by atoms with E-state index in [1.165, 1.54) is 7.05 Å². The number of amides is 1. The minimum Gasteiger partial charge on any atom is -0.483 e. The van der Waals surface area contributed by atoms with Crippen LogP contribution in [0.1, 0.15) is 18.6 Å². The molecule has 0 fully saturated rings. The number of carbonyl (C=O) groups is 1. The maximum Gasteiger partial charge on any atom is 0.257 e. The normalized spacial score (nSPS) is 12.0. The number of benzene rings is 1. The number of likely N-dealkylation sites (N-methyl/N-ethyl adjacent to an activating group) is 1. The number of halogens is 1. The van der Waals surface area contributed by atoms with Crippen molar-refractivity contribution in [2.24, 2.45) is 0 Å². The van der Waals surface area contributed by atoms with E-state index in [9.17, 15) is 9.90 Å². The highest BCUT2D eigenvalue weighted by atomic mass is 35.5. The third-order valence-corrected chi connectivity index (χ3v) is 2.29. The molecule has 88 valence electrons. The zero-order valence-corrected chi connectivity index (χ0v) is 9.91. The van der Waals surface area contributed by atoms with Gasteiger partial charge >= 0.3 is 0 Å². The van der Waals surface area contributed by atoms with Crippen LogP contribution in [0, 0.1) is 0 Å². The van der Waals surface area contributed by atoms with E-state index in [4.69, 9.17) is 16.3 Å². The summed E-state index contributed by atoms with van der Waals surface area (Å²) in [6, 6.07) is 4.89. The summed E-state index contributed by atoms with van der Waals surface area (Å²) in [7, 11) is 1.53. The van der Waals surface area contributed by atoms with Gasteiger partial charge in [-0.15, -0.1) is 0 Å². The minimum atomic E-state index is -0.696. The van der Waals surface area contributed by atoms with E-state index in [0.717, 1.165) is 0 Å². The lowest BCUT2D eigenvalue weighted by Crippen LogP contribution is -2.25. The Labute approximate surface area is 99.2 Å². The Morgan fingerprint density at radius 2 is 2.31 bits per heavy atom. The second-order valence-corrected chi connectivity index (χ2v) is 3.76. The van der Waals surface area contributed by atoms with E-state index < -0.39 is 6.10 Å². The summed E-state index contributed by atoms with van der Waals surface area (Å²) in [4.78, 5) is 11.0. The van der Waals surface area contributed by atoms with Crippen LogP contribution >= 0.6 is 11.6 Å². The molecule has 0 bridgehead atoms. The van der Waals surface area contributed by atoms with E-state index in [-0.39, 0.29) is 12.5 Å². The average molecular weight is 244 g/mol. The Balaban J connectivity index is 2.82. The molecule has 0 aliphatic rings. The van der Waals surface area contributed by atoms with Crippen LogP contribution in [-0.4, -0.2) is 24.7 Å². The number of hydrogen-bond donors (Lipinski definition) is 2. The van der Waals surface area contributed by atoms with Crippen LogP contribution in [0.25, 0.3) is 0 Å². The molecule has 0 radical (unpaired) electrons. The van der Waals surface area contributed by atoms with Gasteiger partial charge in [-0.1, -0.05) is 11.6 Å². The zero-order valence-electron chi connectivity index (χ0n) is 9.16. The van der Waals surface area contributed by atoms with Crippen LogP contribution in [0.5, 0.6) is 5.75 Å². The summed E-state index contributed by atoms with van der Waals surface area (Å²) in [5.41, 5.74) is 0.566. The molecule has 1 aromatic carbocycles. The van der Waals surface area contributed by atoms with Crippen LogP contribution < -0.4 is 10.1 Å².